The van der Waals surface area contributed by atoms with Gasteiger partial charge in [0.25, 0.3) is 0 Å². The monoisotopic (exact) mass is 357 g/mol. The molecule has 0 aromatic heterocycles. The number of alkyl halides is 3. The first-order valence-corrected chi connectivity index (χ1v) is 7.99. The molecule has 1 aliphatic heterocycles. The molecule has 1 saturated heterocycles. The largest absolute Gasteiger partial charge is 0.390 e. The average Bonchev–Trinajstić information content (AvgIpc) is 2.57. The van der Waals surface area contributed by atoms with Gasteiger partial charge in [0.2, 0.25) is 5.91 Å². The first kappa shape index (κ1) is 18.9. The normalized spacial score (nSPS) is 15.8. The van der Waals surface area contributed by atoms with Crippen molar-refractivity contribution in [3.8, 4) is 0 Å². The number of halogens is 3. The van der Waals surface area contributed by atoms with Crippen molar-refractivity contribution in [3.63, 3.8) is 0 Å². The van der Waals surface area contributed by atoms with E-state index in [0.717, 1.165) is 17.8 Å². The van der Waals surface area contributed by atoms with Crippen LogP contribution in [0.2, 0.25) is 0 Å². The summed E-state index contributed by atoms with van der Waals surface area (Å²) in [5, 5.41) is 8.38. The molecule has 0 unspecified atom stereocenters. The molecule has 1 aromatic carbocycles. The lowest BCUT2D eigenvalue weighted by Gasteiger charge is -2.28. The summed E-state index contributed by atoms with van der Waals surface area (Å²) in [5.74, 6) is 0.326. The predicted molar refractivity (Wildman–Crippen MR) is 90.5 cm³/mol. The van der Waals surface area contributed by atoms with E-state index in [2.05, 4.69) is 20.9 Å². The van der Waals surface area contributed by atoms with Gasteiger partial charge in [-0.1, -0.05) is 12.1 Å². The molecule has 1 fully saturated rings. The molecule has 0 saturated carbocycles. The molecular formula is C16H22F3N5O. The van der Waals surface area contributed by atoms with Crippen molar-refractivity contribution in [2.24, 2.45) is 4.99 Å². The van der Waals surface area contributed by atoms with E-state index in [-0.39, 0.29) is 12.5 Å². The van der Waals surface area contributed by atoms with Crippen LogP contribution in [-0.4, -0.2) is 51.3 Å². The van der Waals surface area contributed by atoms with Crippen molar-refractivity contribution in [2.45, 2.75) is 19.1 Å². The van der Waals surface area contributed by atoms with Gasteiger partial charge in [-0.3, -0.25) is 9.79 Å². The van der Waals surface area contributed by atoms with Gasteiger partial charge in [0, 0.05) is 38.9 Å². The minimum atomic E-state index is -4.19. The van der Waals surface area contributed by atoms with Crippen LogP contribution in [0.25, 0.3) is 0 Å². The number of benzene rings is 1. The highest BCUT2D eigenvalue weighted by Gasteiger charge is 2.26. The Kier molecular flexibility index (Phi) is 6.49. The van der Waals surface area contributed by atoms with Gasteiger partial charge in [-0.25, -0.2) is 0 Å². The van der Waals surface area contributed by atoms with Crippen LogP contribution in [0.15, 0.2) is 29.3 Å². The van der Waals surface area contributed by atoms with Gasteiger partial charge in [-0.15, -0.1) is 0 Å². The zero-order valence-electron chi connectivity index (χ0n) is 14.0. The third-order valence-corrected chi connectivity index (χ3v) is 3.72. The minimum absolute atomic E-state index is 0.00530. The van der Waals surface area contributed by atoms with Crippen molar-refractivity contribution in [3.05, 3.63) is 29.8 Å². The number of hydrogen-bond donors (Lipinski definition) is 3. The zero-order chi connectivity index (χ0) is 18.3. The Morgan fingerprint density at radius 3 is 2.60 bits per heavy atom. The summed E-state index contributed by atoms with van der Waals surface area (Å²) in [6.07, 6.45) is -5.10. The van der Waals surface area contributed by atoms with E-state index in [4.69, 9.17) is 0 Å². The number of guanidine groups is 1. The summed E-state index contributed by atoms with van der Waals surface area (Å²) in [6, 6.07) is 7.68. The molecule has 1 aliphatic rings. The number of rotatable bonds is 5. The van der Waals surface area contributed by atoms with E-state index < -0.39 is 12.6 Å². The predicted octanol–water partition coefficient (Wildman–Crippen LogP) is 1.24. The molecular weight excluding hydrogens is 335 g/mol. The second-order valence-corrected chi connectivity index (χ2v) is 5.66. The van der Waals surface area contributed by atoms with Gasteiger partial charge in [0.05, 0.1) is 13.0 Å². The molecule has 6 nitrogen and oxygen atoms in total. The molecule has 0 atom stereocenters. The molecule has 1 aromatic rings. The smallest absolute Gasteiger partial charge is 0.360 e. The van der Waals surface area contributed by atoms with Crippen LogP contribution in [0.4, 0.5) is 18.9 Å². The molecule has 25 heavy (non-hydrogen) atoms. The lowest BCUT2D eigenvalue weighted by atomic mass is 10.2. The fourth-order valence-electron chi connectivity index (χ4n) is 2.41. The highest BCUT2D eigenvalue weighted by Crippen LogP contribution is 2.18. The van der Waals surface area contributed by atoms with Gasteiger partial charge in [-0.05, 0) is 17.7 Å². The third-order valence-electron chi connectivity index (χ3n) is 3.72. The maximum atomic E-state index is 12.1. The zero-order valence-corrected chi connectivity index (χ0v) is 14.0. The molecule has 1 heterocycles. The fraction of sp³-hybridized carbons (Fsp3) is 0.500. The molecule has 3 N–H and O–H groups in total. The van der Waals surface area contributed by atoms with Crippen molar-refractivity contribution in [1.29, 1.82) is 0 Å². The van der Waals surface area contributed by atoms with E-state index in [0.29, 0.717) is 25.6 Å². The van der Waals surface area contributed by atoms with E-state index in [1.807, 2.05) is 29.2 Å². The van der Waals surface area contributed by atoms with Gasteiger partial charge in [0.15, 0.2) is 5.96 Å². The number of nitrogens with zero attached hydrogens (tertiary/aromatic N) is 2. The summed E-state index contributed by atoms with van der Waals surface area (Å²) < 4.78 is 36.4. The number of aliphatic imine (C=N–C) groups is 1. The van der Waals surface area contributed by atoms with Gasteiger partial charge in [-0.2, -0.15) is 13.2 Å². The maximum absolute atomic E-state index is 12.1. The summed E-state index contributed by atoms with van der Waals surface area (Å²) in [4.78, 5) is 17.3. The number of anilines is 1. The van der Waals surface area contributed by atoms with E-state index >= 15 is 0 Å². The fourth-order valence-corrected chi connectivity index (χ4v) is 2.41. The Labute approximate surface area is 144 Å². The Bertz CT molecular complexity index is 601. The molecule has 0 spiro atoms. The highest BCUT2D eigenvalue weighted by molar-refractivity contribution is 5.82. The molecule has 0 bridgehead atoms. The van der Waals surface area contributed by atoms with Gasteiger partial charge < -0.3 is 20.9 Å². The van der Waals surface area contributed by atoms with E-state index in [1.54, 1.807) is 0 Å². The lowest BCUT2D eigenvalue weighted by Crippen LogP contribution is -2.47. The molecule has 1 amide bonds. The summed E-state index contributed by atoms with van der Waals surface area (Å²) in [6.45, 7) is 1.94. The summed E-state index contributed by atoms with van der Waals surface area (Å²) in [5.41, 5.74) is 1.93. The Hall–Kier alpha value is -2.45. The van der Waals surface area contributed by atoms with Crippen molar-refractivity contribution in [1.82, 2.24) is 16.0 Å². The van der Waals surface area contributed by atoms with Gasteiger partial charge >= 0.3 is 6.18 Å². The first-order chi connectivity index (χ1) is 11.9. The topological polar surface area (TPSA) is 68.8 Å². The Morgan fingerprint density at radius 1 is 1.28 bits per heavy atom. The summed E-state index contributed by atoms with van der Waals surface area (Å²) in [7, 11) is 1.51. The summed E-state index contributed by atoms with van der Waals surface area (Å²) >= 11 is 0. The van der Waals surface area contributed by atoms with Crippen LogP contribution in [-0.2, 0) is 11.3 Å². The van der Waals surface area contributed by atoms with Crippen molar-refractivity contribution in [2.75, 3.05) is 38.1 Å². The molecule has 0 radical (unpaired) electrons. The van der Waals surface area contributed by atoms with E-state index in [1.165, 1.54) is 7.05 Å². The third kappa shape index (κ3) is 6.52. The molecule has 9 heteroatoms. The Morgan fingerprint density at radius 2 is 2.00 bits per heavy atom. The van der Waals surface area contributed by atoms with Crippen LogP contribution in [0.5, 0.6) is 0 Å². The van der Waals surface area contributed by atoms with Crippen LogP contribution in [0.3, 0.4) is 0 Å². The standard InChI is InChI=1S/C16H22F3N5O/c1-20-15(22-7-6-16(17,18)19)23-10-12-2-4-13(5-3-12)24-9-8-21-14(25)11-24/h2-5H,6-11H2,1H3,(H,21,25)(H2,20,22,23). The van der Waals surface area contributed by atoms with E-state index in [9.17, 15) is 18.0 Å². The Balaban J connectivity index is 1.81. The molecule has 138 valence electrons. The lowest BCUT2D eigenvalue weighted by molar-refractivity contribution is -0.132. The quantitative estimate of drug-likeness (QED) is 0.548. The van der Waals surface area contributed by atoms with Crippen molar-refractivity contribution >= 4 is 17.6 Å². The average molecular weight is 357 g/mol. The maximum Gasteiger partial charge on any atom is 0.390 e. The number of nitrogens with one attached hydrogen (secondary N) is 3. The first-order valence-electron chi connectivity index (χ1n) is 7.99. The van der Waals surface area contributed by atoms with Crippen LogP contribution >= 0.6 is 0 Å². The number of hydrogen-bond acceptors (Lipinski definition) is 3. The van der Waals surface area contributed by atoms with Crippen LogP contribution < -0.4 is 20.9 Å². The SMILES string of the molecule is CN=C(NCCC(F)(F)F)NCc1ccc(N2CCNC(=O)C2)cc1. The number of carbonyl (C=O) groups excluding carboxylic acids is 1. The minimum Gasteiger partial charge on any atom is -0.360 e. The van der Waals surface area contributed by atoms with Crippen LogP contribution in [0.1, 0.15) is 12.0 Å². The van der Waals surface area contributed by atoms with Crippen LogP contribution in [0, 0.1) is 0 Å². The number of piperazine rings is 1. The number of amides is 1. The molecule has 0 aliphatic carbocycles. The molecule has 2 rings (SSSR count). The number of carbonyl (C=O) groups is 1. The van der Waals surface area contributed by atoms with Gasteiger partial charge in [0.1, 0.15) is 0 Å². The second kappa shape index (κ2) is 8.59. The highest BCUT2D eigenvalue weighted by atomic mass is 19.4. The van der Waals surface area contributed by atoms with Crippen molar-refractivity contribution < 1.29 is 18.0 Å². The second-order valence-electron chi connectivity index (χ2n) is 5.66.